The van der Waals surface area contributed by atoms with Crippen molar-refractivity contribution in [3.63, 3.8) is 0 Å². The highest BCUT2D eigenvalue weighted by Gasteiger charge is 2.57. The van der Waals surface area contributed by atoms with Gasteiger partial charge in [0.2, 0.25) is 0 Å². The molecule has 100 valence electrons. The summed E-state index contributed by atoms with van der Waals surface area (Å²) < 4.78 is 5.80. The average molecular weight is 255 g/mol. The molecule has 1 aromatic carbocycles. The normalized spacial score (nSPS) is 32.9. The lowest BCUT2D eigenvalue weighted by Crippen LogP contribution is -2.31. The zero-order chi connectivity index (χ0) is 12.8. The van der Waals surface area contributed by atoms with Gasteiger partial charge < -0.3 is 10.1 Å². The number of hydrogen-bond donors (Lipinski definition) is 1. The van der Waals surface area contributed by atoms with Crippen LogP contribution in [0.15, 0.2) is 36.1 Å². The molecular formula is C17H21NO. The van der Waals surface area contributed by atoms with E-state index in [0.29, 0.717) is 6.04 Å². The maximum Gasteiger partial charge on any atom is 0.109 e. The maximum absolute atomic E-state index is 5.80. The Morgan fingerprint density at radius 2 is 2.21 bits per heavy atom. The summed E-state index contributed by atoms with van der Waals surface area (Å²) in [7, 11) is 2.07. The molecule has 0 bridgehead atoms. The SMILES string of the molecule is CNC(C1=CCCO1)C1C2CCc3ccccc3C21. The molecule has 1 heterocycles. The quantitative estimate of drug-likeness (QED) is 0.896. The zero-order valence-corrected chi connectivity index (χ0v) is 11.4. The third-order valence-corrected chi connectivity index (χ3v) is 5.13. The Labute approximate surface area is 114 Å². The van der Waals surface area contributed by atoms with E-state index < -0.39 is 0 Å². The number of rotatable bonds is 3. The van der Waals surface area contributed by atoms with Gasteiger partial charge in [-0.2, -0.15) is 0 Å². The summed E-state index contributed by atoms with van der Waals surface area (Å²) in [4.78, 5) is 0. The van der Waals surface area contributed by atoms with Gasteiger partial charge in [-0.25, -0.2) is 0 Å². The summed E-state index contributed by atoms with van der Waals surface area (Å²) in [5.74, 6) is 3.54. The molecule has 2 nitrogen and oxygen atoms in total. The van der Waals surface area contributed by atoms with E-state index in [9.17, 15) is 0 Å². The van der Waals surface area contributed by atoms with Crippen LogP contribution in [0.3, 0.4) is 0 Å². The second kappa shape index (κ2) is 4.38. The van der Waals surface area contributed by atoms with Crippen LogP contribution in [0.4, 0.5) is 0 Å². The van der Waals surface area contributed by atoms with Crippen molar-refractivity contribution in [1.82, 2.24) is 5.32 Å². The monoisotopic (exact) mass is 255 g/mol. The molecular weight excluding hydrogens is 234 g/mol. The minimum absolute atomic E-state index is 0.420. The predicted octanol–water partition coefficient (Wildman–Crippen LogP) is 2.85. The third-order valence-electron chi connectivity index (χ3n) is 5.13. The van der Waals surface area contributed by atoms with Crippen LogP contribution in [-0.2, 0) is 11.2 Å². The molecule has 2 aliphatic carbocycles. The van der Waals surface area contributed by atoms with Gasteiger partial charge in [0, 0.05) is 6.42 Å². The van der Waals surface area contributed by atoms with Gasteiger partial charge >= 0.3 is 0 Å². The second-order valence-corrected chi connectivity index (χ2v) is 6.01. The van der Waals surface area contributed by atoms with E-state index in [2.05, 4.69) is 42.7 Å². The Bertz CT molecular complexity index is 522. The molecule has 0 saturated heterocycles. The maximum atomic E-state index is 5.80. The highest BCUT2D eigenvalue weighted by atomic mass is 16.5. The standard InChI is InChI=1S/C17H21NO/c1-18-17(14-7-4-10-19-14)16-13-9-8-11-5-2-3-6-12(11)15(13)16/h2-3,5-7,13,15-18H,4,8-10H2,1H3. The number of fused-ring (bicyclic) bond motifs is 3. The van der Waals surface area contributed by atoms with Crippen LogP contribution in [0.1, 0.15) is 29.9 Å². The largest absolute Gasteiger partial charge is 0.496 e. The van der Waals surface area contributed by atoms with Crippen LogP contribution in [0, 0.1) is 11.8 Å². The summed E-state index contributed by atoms with van der Waals surface area (Å²) in [5, 5.41) is 3.50. The van der Waals surface area contributed by atoms with Crippen molar-refractivity contribution < 1.29 is 4.74 Å². The van der Waals surface area contributed by atoms with E-state index in [4.69, 9.17) is 4.74 Å². The van der Waals surface area contributed by atoms with E-state index in [1.165, 1.54) is 18.6 Å². The number of benzene rings is 1. The van der Waals surface area contributed by atoms with Crippen molar-refractivity contribution in [3.05, 3.63) is 47.2 Å². The Hall–Kier alpha value is -1.28. The predicted molar refractivity (Wildman–Crippen MR) is 76.0 cm³/mol. The zero-order valence-electron chi connectivity index (χ0n) is 11.4. The highest BCUT2D eigenvalue weighted by Crippen LogP contribution is 2.62. The Kier molecular flexibility index (Phi) is 2.66. The summed E-state index contributed by atoms with van der Waals surface area (Å²) >= 11 is 0. The molecule has 4 unspecified atom stereocenters. The van der Waals surface area contributed by atoms with Crippen molar-refractivity contribution in [2.75, 3.05) is 13.7 Å². The fraction of sp³-hybridized carbons (Fsp3) is 0.529. The first-order valence-corrected chi connectivity index (χ1v) is 7.48. The minimum Gasteiger partial charge on any atom is -0.496 e. The summed E-state index contributed by atoms with van der Waals surface area (Å²) in [5.41, 5.74) is 3.17. The van der Waals surface area contributed by atoms with Crippen molar-refractivity contribution in [3.8, 4) is 0 Å². The van der Waals surface area contributed by atoms with Crippen LogP contribution in [0.5, 0.6) is 0 Å². The van der Waals surface area contributed by atoms with Gasteiger partial charge in [-0.05, 0) is 54.8 Å². The molecule has 1 saturated carbocycles. The van der Waals surface area contributed by atoms with Gasteiger partial charge in [0.05, 0.1) is 12.6 Å². The molecule has 1 fully saturated rings. The van der Waals surface area contributed by atoms with E-state index >= 15 is 0 Å². The van der Waals surface area contributed by atoms with Gasteiger partial charge in [-0.1, -0.05) is 24.3 Å². The fourth-order valence-corrected chi connectivity index (χ4v) is 4.25. The third kappa shape index (κ3) is 1.73. The van der Waals surface area contributed by atoms with Crippen molar-refractivity contribution in [1.29, 1.82) is 0 Å². The van der Waals surface area contributed by atoms with E-state index in [1.54, 1.807) is 11.1 Å². The number of nitrogens with one attached hydrogen (secondary N) is 1. The van der Waals surface area contributed by atoms with Crippen molar-refractivity contribution in [2.45, 2.75) is 31.2 Å². The lowest BCUT2D eigenvalue weighted by atomic mass is 9.92. The van der Waals surface area contributed by atoms with Gasteiger partial charge in [0.1, 0.15) is 5.76 Å². The van der Waals surface area contributed by atoms with E-state index in [0.717, 1.165) is 30.8 Å². The lowest BCUT2D eigenvalue weighted by molar-refractivity contribution is 0.208. The first-order chi connectivity index (χ1) is 9.40. The van der Waals surface area contributed by atoms with Crippen LogP contribution in [-0.4, -0.2) is 19.7 Å². The van der Waals surface area contributed by atoms with Gasteiger partial charge in [0.15, 0.2) is 0 Å². The molecule has 0 aromatic heterocycles. The van der Waals surface area contributed by atoms with E-state index in [-0.39, 0.29) is 0 Å². The Morgan fingerprint density at radius 3 is 3.00 bits per heavy atom. The van der Waals surface area contributed by atoms with Gasteiger partial charge in [-0.3, -0.25) is 0 Å². The van der Waals surface area contributed by atoms with Crippen molar-refractivity contribution >= 4 is 0 Å². The van der Waals surface area contributed by atoms with Crippen molar-refractivity contribution in [2.24, 2.45) is 11.8 Å². The molecule has 19 heavy (non-hydrogen) atoms. The summed E-state index contributed by atoms with van der Waals surface area (Å²) in [6, 6.07) is 9.43. The second-order valence-electron chi connectivity index (χ2n) is 6.01. The fourth-order valence-electron chi connectivity index (χ4n) is 4.25. The average Bonchev–Trinajstić information content (AvgIpc) is 2.92. The molecule has 3 aliphatic rings. The Morgan fingerprint density at radius 1 is 1.32 bits per heavy atom. The molecule has 0 amide bonds. The molecule has 0 spiro atoms. The van der Waals surface area contributed by atoms with Crippen LogP contribution in [0.2, 0.25) is 0 Å². The highest BCUT2D eigenvalue weighted by molar-refractivity contribution is 5.41. The minimum atomic E-state index is 0.420. The number of hydrogen-bond acceptors (Lipinski definition) is 2. The molecule has 1 aliphatic heterocycles. The Balaban J connectivity index is 1.62. The van der Waals surface area contributed by atoms with Gasteiger partial charge in [0.25, 0.3) is 0 Å². The topological polar surface area (TPSA) is 21.3 Å². The molecule has 0 radical (unpaired) electrons. The van der Waals surface area contributed by atoms with Crippen LogP contribution < -0.4 is 5.32 Å². The molecule has 1 N–H and O–H groups in total. The molecule has 4 rings (SSSR count). The summed E-state index contributed by atoms with van der Waals surface area (Å²) in [6.45, 7) is 0.867. The molecule has 1 aromatic rings. The number of likely N-dealkylation sites (N-methyl/N-ethyl adjacent to an activating group) is 1. The molecule has 2 heteroatoms. The smallest absolute Gasteiger partial charge is 0.109 e. The van der Waals surface area contributed by atoms with Crippen LogP contribution in [0.25, 0.3) is 0 Å². The van der Waals surface area contributed by atoms with Gasteiger partial charge in [-0.15, -0.1) is 0 Å². The summed E-state index contributed by atoms with van der Waals surface area (Å²) in [6.07, 6.45) is 5.95. The first-order valence-electron chi connectivity index (χ1n) is 7.48. The number of ether oxygens (including phenoxy) is 1. The van der Waals surface area contributed by atoms with Crippen LogP contribution >= 0.6 is 0 Å². The lowest BCUT2D eigenvalue weighted by Gasteiger charge is -2.18. The first kappa shape index (κ1) is 11.5. The molecule has 4 atom stereocenters. The number of aryl methyl sites for hydroxylation is 1. The van der Waals surface area contributed by atoms with E-state index in [1.807, 2.05) is 0 Å².